The highest BCUT2D eigenvalue weighted by molar-refractivity contribution is 7.93. The van der Waals surface area contributed by atoms with Crippen molar-refractivity contribution in [3.8, 4) is 0 Å². The minimum Gasteiger partial charge on any atom is -0.368 e. The van der Waals surface area contributed by atoms with Crippen LogP contribution in [0.2, 0.25) is 0 Å². The van der Waals surface area contributed by atoms with Crippen molar-refractivity contribution in [2.75, 3.05) is 31.1 Å². The van der Waals surface area contributed by atoms with E-state index < -0.39 is 37.3 Å². The lowest BCUT2D eigenvalue weighted by molar-refractivity contribution is -0.138. The van der Waals surface area contributed by atoms with Crippen LogP contribution in [0.25, 0.3) is 0 Å². The van der Waals surface area contributed by atoms with E-state index in [0.29, 0.717) is 38.4 Å². The molecular formula is C22H26F3N3O3S. The number of hydrogen-bond acceptors (Lipinski definition) is 5. The second-order valence-electron chi connectivity index (χ2n) is 8.47. The quantitative estimate of drug-likeness (QED) is 0.684. The first-order valence-electron chi connectivity index (χ1n) is 10.1. The number of pyridine rings is 1. The van der Waals surface area contributed by atoms with E-state index in [4.69, 9.17) is 0 Å². The molecule has 2 aromatic rings. The van der Waals surface area contributed by atoms with Gasteiger partial charge in [0.25, 0.3) is 0 Å². The van der Waals surface area contributed by atoms with Crippen LogP contribution < -0.4 is 4.90 Å². The maximum absolute atomic E-state index is 13.2. The number of nitrogens with zero attached hydrogens (tertiary/aromatic N) is 3. The van der Waals surface area contributed by atoms with Gasteiger partial charge in [-0.05, 0) is 57.0 Å². The molecule has 174 valence electrons. The summed E-state index contributed by atoms with van der Waals surface area (Å²) in [6.45, 7) is 8.32. The maximum atomic E-state index is 13.2. The zero-order valence-electron chi connectivity index (χ0n) is 18.4. The van der Waals surface area contributed by atoms with Gasteiger partial charge in [-0.25, -0.2) is 13.4 Å². The van der Waals surface area contributed by atoms with Gasteiger partial charge >= 0.3 is 6.18 Å². The van der Waals surface area contributed by atoms with E-state index in [1.165, 1.54) is 18.7 Å². The number of carbonyl (C=O) groups excluding carboxylic acids is 1. The van der Waals surface area contributed by atoms with Gasteiger partial charge in [0, 0.05) is 38.1 Å². The summed E-state index contributed by atoms with van der Waals surface area (Å²) in [6.07, 6.45) is -4.16. The first-order chi connectivity index (χ1) is 14.7. The Hall–Kier alpha value is -2.62. The van der Waals surface area contributed by atoms with Crippen molar-refractivity contribution in [2.24, 2.45) is 0 Å². The van der Waals surface area contributed by atoms with Crippen LogP contribution in [0.5, 0.6) is 0 Å². The molecule has 1 aliphatic rings. The Morgan fingerprint density at radius 2 is 1.62 bits per heavy atom. The van der Waals surface area contributed by atoms with Crippen molar-refractivity contribution < 1.29 is 26.4 Å². The van der Waals surface area contributed by atoms with Crippen LogP contribution in [-0.4, -0.2) is 55.1 Å². The highest BCUT2D eigenvalue weighted by atomic mass is 32.2. The van der Waals surface area contributed by atoms with Gasteiger partial charge < -0.3 is 9.80 Å². The first-order valence-corrected chi connectivity index (χ1v) is 11.6. The summed E-state index contributed by atoms with van der Waals surface area (Å²) >= 11 is 0. The molecule has 6 nitrogen and oxygen atoms in total. The number of carbonyl (C=O) groups is 1. The number of benzene rings is 1. The van der Waals surface area contributed by atoms with Crippen molar-refractivity contribution in [3.63, 3.8) is 0 Å². The molecule has 0 saturated carbocycles. The Morgan fingerprint density at radius 1 is 1.00 bits per heavy atom. The van der Waals surface area contributed by atoms with Crippen LogP contribution in [0.15, 0.2) is 41.6 Å². The highest BCUT2D eigenvalue weighted by Gasteiger charge is 2.46. The molecule has 1 aliphatic heterocycles. The number of hydrogen-bond donors (Lipinski definition) is 0. The van der Waals surface area contributed by atoms with E-state index in [0.717, 1.165) is 22.9 Å². The molecule has 1 aromatic carbocycles. The van der Waals surface area contributed by atoms with E-state index in [2.05, 4.69) is 16.0 Å². The average Bonchev–Trinajstić information content (AvgIpc) is 2.74. The zero-order valence-corrected chi connectivity index (χ0v) is 19.2. The number of aromatic nitrogens is 1. The second-order valence-corrected chi connectivity index (χ2v) is 10.9. The lowest BCUT2D eigenvalue weighted by Crippen LogP contribution is -2.56. The number of alkyl halides is 3. The largest absolute Gasteiger partial charge is 0.417 e. The normalized spacial score (nSPS) is 15.7. The fourth-order valence-corrected chi connectivity index (χ4v) is 5.00. The number of rotatable bonds is 4. The Labute approximate surface area is 186 Å². The molecule has 1 amide bonds. The van der Waals surface area contributed by atoms with Crippen molar-refractivity contribution in [2.45, 2.75) is 43.6 Å². The summed E-state index contributed by atoms with van der Waals surface area (Å²) in [4.78, 5) is 20.3. The Morgan fingerprint density at radius 3 is 2.16 bits per heavy atom. The monoisotopic (exact) mass is 469 g/mol. The number of piperazine rings is 1. The summed E-state index contributed by atoms with van der Waals surface area (Å²) in [5, 5.41) is -0.558. The summed E-state index contributed by atoms with van der Waals surface area (Å²) in [5.74, 6) is -0.597. The van der Waals surface area contributed by atoms with Crippen molar-refractivity contribution in [3.05, 3.63) is 53.2 Å². The molecular weight excluding hydrogens is 443 g/mol. The maximum Gasteiger partial charge on any atom is 0.417 e. The van der Waals surface area contributed by atoms with Crippen LogP contribution in [0.4, 0.5) is 18.9 Å². The molecule has 0 unspecified atom stereocenters. The molecule has 0 aliphatic carbocycles. The molecule has 32 heavy (non-hydrogen) atoms. The SMILES string of the molecule is Cc1ccc(C)c(N2CCN(C(=O)C(C)(C)S(=O)(=O)c3ccc(C(F)(F)F)cn3)CC2)c1. The third kappa shape index (κ3) is 4.46. The van der Waals surface area contributed by atoms with Gasteiger partial charge in [-0.3, -0.25) is 4.79 Å². The van der Waals surface area contributed by atoms with E-state index in [-0.39, 0.29) is 0 Å². The van der Waals surface area contributed by atoms with E-state index in [1.807, 2.05) is 26.0 Å². The van der Waals surface area contributed by atoms with E-state index >= 15 is 0 Å². The van der Waals surface area contributed by atoms with Crippen LogP contribution in [0.1, 0.15) is 30.5 Å². The predicted octanol–water partition coefficient (Wildman–Crippen LogP) is 3.62. The summed E-state index contributed by atoms with van der Waals surface area (Å²) < 4.78 is 62.6. The molecule has 3 rings (SSSR count). The summed E-state index contributed by atoms with van der Waals surface area (Å²) in [5.41, 5.74) is 2.27. The molecule has 0 bridgehead atoms. The van der Waals surface area contributed by atoms with Crippen molar-refractivity contribution in [1.82, 2.24) is 9.88 Å². The molecule has 1 saturated heterocycles. The molecule has 0 radical (unpaired) electrons. The first kappa shape index (κ1) is 24.0. The molecule has 10 heteroatoms. The minimum absolute atomic E-state index is 0.339. The van der Waals surface area contributed by atoms with Crippen LogP contribution in [0.3, 0.4) is 0 Å². The fourth-order valence-electron chi connectivity index (χ4n) is 3.67. The Kier molecular flexibility index (Phi) is 6.29. The lowest BCUT2D eigenvalue weighted by atomic mass is 10.1. The topological polar surface area (TPSA) is 70.6 Å². The predicted molar refractivity (Wildman–Crippen MR) is 115 cm³/mol. The van der Waals surface area contributed by atoms with Gasteiger partial charge in [0.15, 0.2) is 9.77 Å². The average molecular weight is 470 g/mol. The van der Waals surface area contributed by atoms with Gasteiger partial charge in [0.2, 0.25) is 15.7 Å². The van der Waals surface area contributed by atoms with Gasteiger partial charge in [-0.1, -0.05) is 12.1 Å². The smallest absolute Gasteiger partial charge is 0.368 e. The second kappa shape index (κ2) is 8.38. The van der Waals surface area contributed by atoms with Crippen molar-refractivity contribution in [1.29, 1.82) is 0 Å². The molecule has 1 fully saturated rings. The zero-order chi connectivity index (χ0) is 23.9. The fraction of sp³-hybridized carbons (Fsp3) is 0.455. The van der Waals surface area contributed by atoms with E-state index in [1.54, 1.807) is 0 Å². The summed E-state index contributed by atoms with van der Waals surface area (Å²) in [7, 11) is -4.31. The number of sulfone groups is 1. The molecule has 2 heterocycles. The molecule has 1 aromatic heterocycles. The molecule has 0 spiro atoms. The van der Waals surface area contributed by atoms with Gasteiger partial charge in [0.1, 0.15) is 0 Å². The van der Waals surface area contributed by atoms with E-state index in [9.17, 15) is 26.4 Å². The van der Waals surface area contributed by atoms with Gasteiger partial charge in [-0.2, -0.15) is 13.2 Å². The molecule has 0 atom stereocenters. The van der Waals surface area contributed by atoms with Crippen molar-refractivity contribution >= 4 is 21.4 Å². The summed E-state index contributed by atoms with van der Waals surface area (Å²) in [6, 6.07) is 7.60. The standard InChI is InChI=1S/C22H26F3N3O3S/c1-15-5-6-16(2)18(13-15)27-9-11-28(12-10-27)20(29)21(3,4)32(30,31)19-8-7-17(14-26-19)22(23,24)25/h5-8,13-14H,9-12H2,1-4H3. The number of halogens is 3. The van der Waals surface area contributed by atoms with Gasteiger partial charge in [-0.15, -0.1) is 0 Å². The minimum atomic E-state index is -4.63. The van der Waals surface area contributed by atoms with Gasteiger partial charge in [0.05, 0.1) is 5.56 Å². The van der Waals surface area contributed by atoms with Crippen LogP contribution >= 0.6 is 0 Å². The Balaban J connectivity index is 1.76. The number of anilines is 1. The third-order valence-electron chi connectivity index (χ3n) is 5.80. The number of amides is 1. The van der Waals surface area contributed by atoms with Crippen LogP contribution in [0, 0.1) is 13.8 Å². The van der Waals surface area contributed by atoms with Crippen LogP contribution in [-0.2, 0) is 20.8 Å². The third-order valence-corrected chi connectivity index (χ3v) is 8.11. The highest BCUT2D eigenvalue weighted by Crippen LogP contribution is 2.32. The Bertz CT molecular complexity index is 1110. The number of aryl methyl sites for hydroxylation is 2. The lowest BCUT2D eigenvalue weighted by Gasteiger charge is -2.39. The molecule has 0 N–H and O–H groups in total.